The van der Waals surface area contributed by atoms with Gasteiger partial charge in [0.1, 0.15) is 4.88 Å². The molecule has 3 aromatic rings. The van der Waals surface area contributed by atoms with Gasteiger partial charge in [-0.1, -0.05) is 29.8 Å². The number of nitrogens with zero attached hydrogens (tertiary/aromatic N) is 1. The van der Waals surface area contributed by atoms with Gasteiger partial charge in [0.25, 0.3) is 11.6 Å². The number of fused-ring (bicyclic) bond motifs is 1. The number of aromatic amines is 1. The molecule has 0 saturated heterocycles. The Hall–Kier alpha value is -2.38. The highest BCUT2D eigenvalue weighted by atomic mass is 35.5. The number of carbonyl (C=O) groups is 1. The lowest BCUT2D eigenvalue weighted by molar-refractivity contribution is -0.384. The van der Waals surface area contributed by atoms with Crippen molar-refractivity contribution in [1.29, 1.82) is 0 Å². The first-order chi connectivity index (χ1) is 10.5. The van der Waals surface area contributed by atoms with Crippen molar-refractivity contribution >= 4 is 51.1 Å². The Labute approximate surface area is 133 Å². The number of amides is 1. The van der Waals surface area contributed by atoms with Gasteiger partial charge in [-0.25, -0.2) is 0 Å². The largest absolute Gasteiger partial charge is 0.357 e. The molecule has 0 spiro atoms. The second-order valence-corrected chi connectivity index (χ2v) is 6.31. The Morgan fingerprint density at radius 1 is 1.41 bits per heavy atom. The monoisotopic (exact) mass is 335 g/mol. The summed E-state index contributed by atoms with van der Waals surface area (Å²) in [6.45, 7) is 1.85. The van der Waals surface area contributed by atoms with Gasteiger partial charge in [-0.2, -0.15) is 0 Å². The molecule has 3 rings (SSSR count). The SMILES string of the molecule is Cc1[nH]c2ccccc2c1NC(=O)c1cc([N+](=O)[O-])c(Cl)s1. The Morgan fingerprint density at radius 2 is 2.14 bits per heavy atom. The van der Waals surface area contributed by atoms with Crippen molar-refractivity contribution in [1.82, 2.24) is 4.98 Å². The average Bonchev–Trinajstić information content (AvgIpc) is 3.00. The van der Waals surface area contributed by atoms with Crippen molar-refractivity contribution in [2.45, 2.75) is 6.92 Å². The predicted molar refractivity (Wildman–Crippen MR) is 87.0 cm³/mol. The first-order valence-electron chi connectivity index (χ1n) is 6.29. The van der Waals surface area contributed by atoms with Gasteiger partial charge in [0, 0.05) is 22.7 Å². The van der Waals surface area contributed by atoms with Gasteiger partial charge in [-0.3, -0.25) is 14.9 Å². The van der Waals surface area contributed by atoms with E-state index in [2.05, 4.69) is 10.3 Å². The number of carbonyl (C=O) groups excluding carboxylic acids is 1. The molecule has 0 atom stereocenters. The maximum Gasteiger partial charge on any atom is 0.299 e. The lowest BCUT2D eigenvalue weighted by Crippen LogP contribution is -2.10. The fraction of sp³-hybridized carbons (Fsp3) is 0.0714. The minimum Gasteiger partial charge on any atom is -0.357 e. The van der Waals surface area contributed by atoms with E-state index in [1.54, 1.807) is 0 Å². The summed E-state index contributed by atoms with van der Waals surface area (Å²) in [7, 11) is 0. The van der Waals surface area contributed by atoms with Crippen LogP contribution in [0.3, 0.4) is 0 Å². The van der Waals surface area contributed by atoms with Gasteiger partial charge in [0.05, 0.1) is 10.6 Å². The second kappa shape index (κ2) is 5.43. The molecule has 8 heteroatoms. The number of aromatic nitrogens is 1. The number of anilines is 1. The van der Waals surface area contributed by atoms with Crippen molar-refractivity contribution < 1.29 is 9.72 Å². The highest BCUT2D eigenvalue weighted by Crippen LogP contribution is 2.35. The molecule has 0 aliphatic heterocycles. The normalized spacial score (nSPS) is 10.8. The van der Waals surface area contributed by atoms with Crippen LogP contribution in [-0.4, -0.2) is 15.8 Å². The number of benzene rings is 1. The minimum absolute atomic E-state index is 0.00852. The summed E-state index contributed by atoms with van der Waals surface area (Å²) in [5.74, 6) is -0.423. The van der Waals surface area contributed by atoms with Gasteiger partial charge < -0.3 is 10.3 Å². The zero-order valence-corrected chi connectivity index (χ0v) is 12.9. The topological polar surface area (TPSA) is 88.0 Å². The molecular weight excluding hydrogens is 326 g/mol. The van der Waals surface area contributed by atoms with Crippen LogP contribution in [-0.2, 0) is 0 Å². The Kier molecular flexibility index (Phi) is 3.59. The summed E-state index contributed by atoms with van der Waals surface area (Å²) >= 11 is 6.67. The van der Waals surface area contributed by atoms with Crippen molar-refractivity contribution in [2.75, 3.05) is 5.32 Å². The number of halogens is 1. The van der Waals surface area contributed by atoms with E-state index in [0.717, 1.165) is 27.9 Å². The first kappa shape index (κ1) is 14.6. The highest BCUT2D eigenvalue weighted by Gasteiger charge is 2.22. The summed E-state index contributed by atoms with van der Waals surface area (Å²) in [4.78, 5) is 25.9. The Bertz CT molecular complexity index is 900. The lowest BCUT2D eigenvalue weighted by Gasteiger charge is -2.03. The molecule has 22 heavy (non-hydrogen) atoms. The van der Waals surface area contributed by atoms with E-state index in [0.29, 0.717) is 5.69 Å². The smallest absolute Gasteiger partial charge is 0.299 e. The van der Waals surface area contributed by atoms with Crippen LogP contribution >= 0.6 is 22.9 Å². The Morgan fingerprint density at radius 3 is 2.82 bits per heavy atom. The van der Waals surface area contributed by atoms with Crippen molar-refractivity contribution in [3.8, 4) is 0 Å². The number of thiophene rings is 1. The van der Waals surface area contributed by atoms with E-state index in [1.807, 2.05) is 31.2 Å². The van der Waals surface area contributed by atoms with Crippen molar-refractivity contribution in [2.24, 2.45) is 0 Å². The molecule has 112 valence electrons. The fourth-order valence-corrected chi connectivity index (χ4v) is 3.33. The summed E-state index contributed by atoms with van der Waals surface area (Å²) < 4.78 is -0.00852. The molecule has 0 saturated carbocycles. The number of hydrogen-bond acceptors (Lipinski definition) is 4. The van der Waals surface area contributed by atoms with Crippen LogP contribution in [0.25, 0.3) is 10.9 Å². The maximum atomic E-state index is 12.3. The van der Waals surface area contributed by atoms with E-state index in [1.165, 1.54) is 6.07 Å². The van der Waals surface area contributed by atoms with Crippen LogP contribution in [0.2, 0.25) is 4.34 Å². The Balaban J connectivity index is 1.95. The van der Waals surface area contributed by atoms with Crippen LogP contribution in [0, 0.1) is 17.0 Å². The molecule has 0 bridgehead atoms. The van der Waals surface area contributed by atoms with Gasteiger partial charge in [-0.15, -0.1) is 11.3 Å². The number of H-pyrrole nitrogens is 1. The van der Waals surface area contributed by atoms with Gasteiger partial charge in [-0.05, 0) is 13.0 Å². The summed E-state index contributed by atoms with van der Waals surface area (Å²) in [6, 6.07) is 8.75. The van der Waals surface area contributed by atoms with E-state index in [9.17, 15) is 14.9 Å². The second-order valence-electron chi connectivity index (χ2n) is 4.65. The number of para-hydroxylation sites is 1. The maximum absolute atomic E-state index is 12.3. The van der Waals surface area contributed by atoms with Crippen molar-refractivity contribution in [3.05, 3.63) is 55.4 Å². The molecule has 1 amide bonds. The summed E-state index contributed by atoms with van der Waals surface area (Å²) in [5, 5.41) is 14.5. The number of aryl methyl sites for hydroxylation is 1. The van der Waals surface area contributed by atoms with Crippen molar-refractivity contribution in [3.63, 3.8) is 0 Å². The zero-order valence-electron chi connectivity index (χ0n) is 11.3. The molecule has 1 aromatic carbocycles. The number of nitro groups is 1. The van der Waals surface area contributed by atoms with E-state index < -0.39 is 10.8 Å². The standard InChI is InChI=1S/C14H10ClN3O3S/c1-7-12(8-4-2-3-5-9(8)16-7)17-14(19)11-6-10(18(20)21)13(15)22-11/h2-6,16H,1H3,(H,17,19). The summed E-state index contributed by atoms with van der Waals surface area (Å²) in [5.41, 5.74) is 2.12. The molecule has 0 unspecified atom stereocenters. The third kappa shape index (κ3) is 2.44. The predicted octanol–water partition coefficient (Wildman–Crippen LogP) is 4.35. The van der Waals surface area contributed by atoms with Crippen LogP contribution in [0.15, 0.2) is 30.3 Å². The zero-order chi connectivity index (χ0) is 15.9. The molecule has 0 aliphatic carbocycles. The molecule has 0 radical (unpaired) electrons. The third-order valence-electron chi connectivity index (χ3n) is 3.22. The molecule has 2 aromatic heterocycles. The van der Waals surface area contributed by atoms with Crippen LogP contribution < -0.4 is 5.32 Å². The summed E-state index contributed by atoms with van der Waals surface area (Å²) in [6.07, 6.45) is 0. The van der Waals surface area contributed by atoms with E-state index >= 15 is 0 Å². The molecule has 0 aliphatic rings. The lowest BCUT2D eigenvalue weighted by atomic mass is 10.2. The number of hydrogen-bond donors (Lipinski definition) is 2. The molecule has 2 N–H and O–H groups in total. The molecular formula is C14H10ClN3O3S. The highest BCUT2D eigenvalue weighted by molar-refractivity contribution is 7.18. The minimum atomic E-state index is -0.605. The van der Waals surface area contributed by atoms with Crippen LogP contribution in [0.1, 0.15) is 15.4 Å². The molecule has 0 fully saturated rings. The van der Waals surface area contributed by atoms with Gasteiger partial charge >= 0.3 is 0 Å². The first-order valence-corrected chi connectivity index (χ1v) is 7.49. The quantitative estimate of drug-likeness (QED) is 0.551. The molecule has 6 nitrogen and oxygen atoms in total. The number of nitrogens with one attached hydrogen (secondary N) is 2. The van der Waals surface area contributed by atoms with Crippen LogP contribution in [0.4, 0.5) is 11.4 Å². The average molecular weight is 336 g/mol. The fourth-order valence-electron chi connectivity index (χ4n) is 2.21. The van der Waals surface area contributed by atoms with Gasteiger partial charge in [0.2, 0.25) is 0 Å². The van der Waals surface area contributed by atoms with E-state index in [-0.39, 0.29) is 14.9 Å². The molecule has 2 heterocycles. The van der Waals surface area contributed by atoms with E-state index in [4.69, 9.17) is 11.6 Å². The number of rotatable bonds is 3. The van der Waals surface area contributed by atoms with Crippen LogP contribution in [0.5, 0.6) is 0 Å². The van der Waals surface area contributed by atoms with Gasteiger partial charge in [0.15, 0.2) is 4.34 Å². The third-order valence-corrected chi connectivity index (χ3v) is 4.56.